The van der Waals surface area contributed by atoms with Crippen LogP contribution in [0.5, 0.6) is 0 Å². The van der Waals surface area contributed by atoms with Gasteiger partial charge in [0.05, 0.1) is 17.8 Å². The third-order valence-corrected chi connectivity index (χ3v) is 6.77. The summed E-state index contributed by atoms with van der Waals surface area (Å²) in [5.74, 6) is -1.69. The second kappa shape index (κ2) is 12.3. The van der Waals surface area contributed by atoms with Crippen molar-refractivity contribution in [1.82, 2.24) is 30.4 Å². The van der Waals surface area contributed by atoms with E-state index in [-0.39, 0.29) is 30.2 Å². The maximum Gasteiger partial charge on any atom is 0.290 e. The maximum absolute atomic E-state index is 13.6. The minimum atomic E-state index is -1.15. The van der Waals surface area contributed by atoms with Crippen molar-refractivity contribution < 1.29 is 18.8 Å². The predicted octanol–water partition coefficient (Wildman–Crippen LogP) is 4.30. The zero-order chi connectivity index (χ0) is 29.6. The molecule has 3 aromatic heterocycles. The molecule has 3 aromatic carbocycles. The first-order chi connectivity index (χ1) is 21.0. The zero-order valence-corrected chi connectivity index (χ0v) is 22.9. The lowest BCUT2D eigenvalue weighted by Crippen LogP contribution is -2.48. The number of Topliss-reactive ketones (excluding diaryl/α,β-unsaturated/α-hetero) is 1. The Labute approximate surface area is 246 Å². The Hall–Kier alpha value is -5.90. The van der Waals surface area contributed by atoms with Crippen LogP contribution in [0, 0.1) is 0 Å². The molecule has 10 heteroatoms. The molecular weight excluding hydrogens is 544 g/mol. The fourth-order valence-electron chi connectivity index (χ4n) is 4.65. The van der Waals surface area contributed by atoms with Gasteiger partial charge in [0, 0.05) is 24.4 Å². The van der Waals surface area contributed by atoms with Gasteiger partial charge in [0.2, 0.25) is 11.7 Å². The van der Waals surface area contributed by atoms with E-state index in [1.807, 2.05) is 78.9 Å². The molecule has 0 fully saturated rings. The number of para-hydroxylation sites is 2. The van der Waals surface area contributed by atoms with Crippen LogP contribution < -0.4 is 10.6 Å². The van der Waals surface area contributed by atoms with Gasteiger partial charge < -0.3 is 15.1 Å². The van der Waals surface area contributed by atoms with Gasteiger partial charge in [0.1, 0.15) is 11.6 Å². The molecule has 0 aliphatic carbocycles. The molecule has 43 heavy (non-hydrogen) atoms. The van der Waals surface area contributed by atoms with E-state index in [0.717, 1.165) is 11.1 Å². The Morgan fingerprint density at radius 3 is 2.37 bits per heavy atom. The molecule has 0 unspecified atom stereocenters. The Morgan fingerprint density at radius 2 is 1.58 bits per heavy atom. The average molecular weight is 571 g/mol. The number of hydrogen-bond donors (Lipinski definition) is 2. The van der Waals surface area contributed by atoms with Crippen LogP contribution in [0.4, 0.5) is 0 Å². The van der Waals surface area contributed by atoms with Crippen LogP contribution >= 0.6 is 0 Å². The van der Waals surface area contributed by atoms with Crippen molar-refractivity contribution in [3.63, 3.8) is 0 Å². The zero-order valence-electron chi connectivity index (χ0n) is 22.9. The van der Waals surface area contributed by atoms with E-state index in [2.05, 4.69) is 25.7 Å². The van der Waals surface area contributed by atoms with Gasteiger partial charge in [-0.25, -0.2) is 14.6 Å². The monoisotopic (exact) mass is 570 g/mol. The van der Waals surface area contributed by atoms with E-state index in [1.165, 1.54) is 4.68 Å². The lowest BCUT2D eigenvalue weighted by atomic mass is 10.0. The summed E-state index contributed by atoms with van der Waals surface area (Å²) in [6.45, 7) is -0.0823. The summed E-state index contributed by atoms with van der Waals surface area (Å²) < 4.78 is 7.15. The summed E-state index contributed by atoms with van der Waals surface area (Å²) in [5.41, 5.74) is 3.83. The third kappa shape index (κ3) is 6.23. The molecule has 6 rings (SSSR count). The number of oxazole rings is 1. The second-order valence-electron chi connectivity index (χ2n) is 9.72. The molecule has 10 nitrogen and oxygen atoms in total. The highest BCUT2D eigenvalue weighted by molar-refractivity contribution is 6.38. The van der Waals surface area contributed by atoms with Crippen molar-refractivity contribution >= 4 is 28.7 Å². The van der Waals surface area contributed by atoms with E-state index in [1.54, 1.807) is 36.7 Å². The second-order valence-corrected chi connectivity index (χ2v) is 9.72. The van der Waals surface area contributed by atoms with E-state index in [9.17, 15) is 14.4 Å². The molecule has 0 saturated heterocycles. The van der Waals surface area contributed by atoms with Crippen molar-refractivity contribution in [2.24, 2.45) is 0 Å². The maximum atomic E-state index is 13.6. The normalized spacial score (nSPS) is 11.6. The standard InChI is InChI=1S/C33H26N6O4/c40-30(33(42)35-21-29-36-26-15-7-8-16-28(26)43-29)27(20-22-10-3-1-4-11-22)37-32(41)24-14-9-18-34-31(24)39-19-17-25(38-39)23-12-5-2-6-13-23/h1-19,27H,20-21H2,(H,35,42)(H,37,41)/t27-/m0/s1. The van der Waals surface area contributed by atoms with Gasteiger partial charge in [-0.2, -0.15) is 5.10 Å². The highest BCUT2D eigenvalue weighted by atomic mass is 16.3. The molecule has 0 aliphatic heterocycles. The molecule has 0 radical (unpaired) electrons. The minimum Gasteiger partial charge on any atom is -0.439 e. The molecule has 2 N–H and O–H groups in total. The fraction of sp³-hybridized carbons (Fsp3) is 0.0909. The van der Waals surface area contributed by atoms with Crippen molar-refractivity contribution in [2.45, 2.75) is 19.0 Å². The summed E-state index contributed by atoms with van der Waals surface area (Å²) in [6, 6.07) is 29.9. The SMILES string of the molecule is O=C(NCc1nc2ccccc2o1)C(=O)[C@H](Cc1ccccc1)NC(=O)c1cccnc1-n1ccc(-c2ccccc2)n1. The van der Waals surface area contributed by atoms with Crippen LogP contribution in [-0.2, 0) is 22.6 Å². The number of nitrogens with zero attached hydrogens (tertiary/aromatic N) is 4. The first-order valence-corrected chi connectivity index (χ1v) is 13.6. The number of nitrogens with one attached hydrogen (secondary N) is 2. The number of carbonyl (C=O) groups is 3. The Balaban J connectivity index is 1.21. The molecule has 6 aromatic rings. The Kier molecular flexibility index (Phi) is 7.81. The highest BCUT2D eigenvalue weighted by Gasteiger charge is 2.29. The number of rotatable bonds is 10. The van der Waals surface area contributed by atoms with Crippen molar-refractivity contribution in [1.29, 1.82) is 0 Å². The van der Waals surface area contributed by atoms with Gasteiger partial charge >= 0.3 is 0 Å². The Bertz CT molecular complexity index is 1870. The van der Waals surface area contributed by atoms with Crippen LogP contribution in [0.2, 0.25) is 0 Å². The average Bonchev–Trinajstić information content (AvgIpc) is 3.71. The number of carbonyl (C=O) groups excluding carboxylic acids is 3. The molecule has 1 atom stereocenters. The number of fused-ring (bicyclic) bond motifs is 1. The quantitative estimate of drug-likeness (QED) is 0.235. The lowest BCUT2D eigenvalue weighted by molar-refractivity contribution is -0.139. The summed E-state index contributed by atoms with van der Waals surface area (Å²) in [5, 5.41) is 9.93. The lowest BCUT2D eigenvalue weighted by Gasteiger charge is -2.18. The van der Waals surface area contributed by atoms with Crippen LogP contribution in [0.1, 0.15) is 21.8 Å². The molecule has 0 aliphatic rings. The van der Waals surface area contributed by atoms with E-state index < -0.39 is 23.6 Å². The van der Waals surface area contributed by atoms with Crippen LogP contribution in [-0.4, -0.2) is 43.4 Å². The molecule has 0 saturated carbocycles. The predicted molar refractivity (Wildman–Crippen MR) is 159 cm³/mol. The number of pyridine rings is 1. The van der Waals surface area contributed by atoms with E-state index >= 15 is 0 Å². The van der Waals surface area contributed by atoms with E-state index in [0.29, 0.717) is 16.8 Å². The molecule has 0 spiro atoms. The van der Waals surface area contributed by atoms with Gasteiger partial charge in [0.25, 0.3) is 11.8 Å². The molecule has 212 valence electrons. The smallest absolute Gasteiger partial charge is 0.290 e. The number of aromatic nitrogens is 4. The van der Waals surface area contributed by atoms with Crippen molar-refractivity contribution in [2.75, 3.05) is 0 Å². The van der Waals surface area contributed by atoms with Gasteiger partial charge in [0.15, 0.2) is 11.4 Å². The first kappa shape index (κ1) is 27.3. The summed E-state index contributed by atoms with van der Waals surface area (Å²) in [7, 11) is 0. The topological polar surface area (TPSA) is 132 Å². The van der Waals surface area contributed by atoms with Crippen LogP contribution in [0.25, 0.3) is 28.2 Å². The van der Waals surface area contributed by atoms with Gasteiger partial charge in [-0.05, 0) is 35.9 Å². The molecule has 0 bridgehead atoms. The van der Waals surface area contributed by atoms with Crippen molar-refractivity contribution in [3.05, 3.63) is 133 Å². The Morgan fingerprint density at radius 1 is 0.837 bits per heavy atom. The number of benzene rings is 3. The summed E-state index contributed by atoms with van der Waals surface area (Å²) in [4.78, 5) is 48.7. The van der Waals surface area contributed by atoms with Gasteiger partial charge in [-0.15, -0.1) is 0 Å². The summed E-state index contributed by atoms with van der Waals surface area (Å²) >= 11 is 0. The minimum absolute atomic E-state index is 0.0823. The van der Waals surface area contributed by atoms with Gasteiger partial charge in [-0.1, -0.05) is 72.8 Å². The molecule has 3 heterocycles. The van der Waals surface area contributed by atoms with Crippen molar-refractivity contribution in [3.8, 4) is 17.1 Å². The largest absolute Gasteiger partial charge is 0.439 e. The number of hydrogen-bond acceptors (Lipinski definition) is 7. The third-order valence-electron chi connectivity index (χ3n) is 6.77. The summed E-state index contributed by atoms with van der Waals surface area (Å²) in [6.07, 6.45) is 3.38. The number of ketones is 1. The first-order valence-electron chi connectivity index (χ1n) is 13.6. The molecule has 2 amide bonds. The van der Waals surface area contributed by atoms with Crippen LogP contribution in [0.3, 0.4) is 0 Å². The van der Waals surface area contributed by atoms with Crippen LogP contribution in [0.15, 0.2) is 120 Å². The fourth-order valence-corrected chi connectivity index (χ4v) is 4.65. The molecular formula is C33H26N6O4. The van der Waals surface area contributed by atoms with E-state index in [4.69, 9.17) is 4.42 Å². The van der Waals surface area contributed by atoms with Gasteiger partial charge in [-0.3, -0.25) is 14.4 Å². The number of amides is 2. The highest BCUT2D eigenvalue weighted by Crippen LogP contribution is 2.19.